The van der Waals surface area contributed by atoms with Crippen molar-refractivity contribution in [3.8, 4) is 0 Å². The number of rotatable bonds is 0. The third-order valence-electron chi connectivity index (χ3n) is 2.36. The maximum atomic E-state index is 4.16. The smallest absolute Gasteiger partial charge is 0.0224 e. The minimum Gasteiger partial charge on any atom is -0.269 e. The van der Waals surface area contributed by atoms with Gasteiger partial charge in [-0.1, -0.05) is 17.2 Å². The number of aliphatic imine (C=N–C) groups is 1. The second-order valence-electron chi connectivity index (χ2n) is 3.35. The average molecular weight is 163 g/mol. The lowest BCUT2D eigenvalue weighted by Crippen LogP contribution is -1.87. The predicted octanol–water partition coefficient (Wildman–Crippen LogP) is 3.48. The normalized spacial score (nSPS) is 31.2. The van der Waals surface area contributed by atoms with Crippen LogP contribution in [0.1, 0.15) is 39.5 Å². The van der Waals surface area contributed by atoms with Crippen molar-refractivity contribution in [3.05, 3.63) is 23.4 Å². The highest BCUT2D eigenvalue weighted by molar-refractivity contribution is 5.58. The SMILES string of the molecule is C/C1=C(/C)CC/C=N\C=C/CC1. The molecule has 0 bridgehead atoms. The van der Waals surface area contributed by atoms with Crippen LogP contribution in [-0.2, 0) is 0 Å². The molecule has 0 amide bonds. The fraction of sp³-hybridized carbons (Fsp3) is 0.545. The Morgan fingerprint density at radius 3 is 2.50 bits per heavy atom. The van der Waals surface area contributed by atoms with Crippen LogP contribution < -0.4 is 0 Å². The molecule has 1 aliphatic heterocycles. The summed E-state index contributed by atoms with van der Waals surface area (Å²) in [4.78, 5) is 4.16. The maximum absolute atomic E-state index is 4.16. The van der Waals surface area contributed by atoms with Gasteiger partial charge in [0.1, 0.15) is 0 Å². The van der Waals surface area contributed by atoms with Crippen molar-refractivity contribution in [2.75, 3.05) is 0 Å². The summed E-state index contributed by atoms with van der Waals surface area (Å²) in [6.45, 7) is 4.47. The Balaban J connectivity index is 2.63. The topological polar surface area (TPSA) is 12.4 Å². The molecule has 0 unspecified atom stereocenters. The van der Waals surface area contributed by atoms with Crippen LogP contribution in [0.3, 0.4) is 0 Å². The molecule has 1 aliphatic rings. The monoisotopic (exact) mass is 163 g/mol. The lowest BCUT2D eigenvalue weighted by atomic mass is 10.0. The second-order valence-corrected chi connectivity index (χ2v) is 3.35. The Morgan fingerprint density at radius 1 is 1.08 bits per heavy atom. The van der Waals surface area contributed by atoms with Gasteiger partial charge in [-0.2, -0.15) is 0 Å². The Labute approximate surface area is 74.9 Å². The first-order valence-corrected chi connectivity index (χ1v) is 4.62. The van der Waals surface area contributed by atoms with Gasteiger partial charge >= 0.3 is 0 Å². The van der Waals surface area contributed by atoms with Crippen LogP contribution in [0.4, 0.5) is 0 Å². The molecule has 1 nitrogen and oxygen atoms in total. The van der Waals surface area contributed by atoms with E-state index in [1.54, 1.807) is 5.57 Å². The van der Waals surface area contributed by atoms with Crippen molar-refractivity contribution in [3.63, 3.8) is 0 Å². The Kier molecular flexibility index (Phi) is 3.78. The van der Waals surface area contributed by atoms with E-state index in [0.717, 1.165) is 12.8 Å². The predicted molar refractivity (Wildman–Crippen MR) is 54.5 cm³/mol. The van der Waals surface area contributed by atoms with Gasteiger partial charge in [-0.05, 0) is 39.5 Å². The molecule has 0 spiro atoms. The van der Waals surface area contributed by atoms with Crippen LogP contribution in [-0.4, -0.2) is 6.21 Å². The molecule has 0 aromatic carbocycles. The highest BCUT2D eigenvalue weighted by Gasteiger charge is 1.96. The molecule has 0 saturated carbocycles. The first kappa shape index (κ1) is 9.24. The van der Waals surface area contributed by atoms with Gasteiger partial charge < -0.3 is 0 Å². The summed E-state index contributed by atoms with van der Waals surface area (Å²) in [6, 6.07) is 0. The molecular formula is C11H17N. The average Bonchev–Trinajstić information content (AvgIpc) is 2.08. The number of hydrogen-bond acceptors (Lipinski definition) is 1. The van der Waals surface area contributed by atoms with Crippen LogP contribution in [0.25, 0.3) is 0 Å². The Morgan fingerprint density at radius 2 is 1.75 bits per heavy atom. The number of allylic oxidation sites excluding steroid dienone is 3. The van der Waals surface area contributed by atoms with Crippen molar-refractivity contribution < 1.29 is 0 Å². The third-order valence-corrected chi connectivity index (χ3v) is 2.36. The van der Waals surface area contributed by atoms with Gasteiger partial charge in [0.15, 0.2) is 0 Å². The maximum Gasteiger partial charge on any atom is 0.0224 e. The molecule has 0 radical (unpaired) electrons. The van der Waals surface area contributed by atoms with Gasteiger partial charge in [-0.15, -0.1) is 0 Å². The molecule has 1 rings (SSSR count). The van der Waals surface area contributed by atoms with Crippen molar-refractivity contribution in [2.45, 2.75) is 39.5 Å². The molecule has 0 aromatic heterocycles. The number of hydrogen-bond donors (Lipinski definition) is 0. The highest BCUT2D eigenvalue weighted by Crippen LogP contribution is 2.15. The molecule has 12 heavy (non-hydrogen) atoms. The molecule has 66 valence electrons. The molecule has 0 saturated heterocycles. The van der Waals surface area contributed by atoms with E-state index in [1.807, 2.05) is 12.4 Å². The van der Waals surface area contributed by atoms with E-state index in [-0.39, 0.29) is 0 Å². The zero-order chi connectivity index (χ0) is 8.81. The zero-order valence-electron chi connectivity index (χ0n) is 8.01. The molecule has 0 aliphatic carbocycles. The fourth-order valence-electron chi connectivity index (χ4n) is 1.28. The van der Waals surface area contributed by atoms with Crippen LogP contribution in [0, 0.1) is 0 Å². The molecule has 1 heteroatoms. The van der Waals surface area contributed by atoms with Crippen molar-refractivity contribution in [2.24, 2.45) is 4.99 Å². The zero-order valence-corrected chi connectivity index (χ0v) is 8.01. The van der Waals surface area contributed by atoms with Gasteiger partial charge in [0.05, 0.1) is 0 Å². The summed E-state index contributed by atoms with van der Waals surface area (Å²) in [5.74, 6) is 0. The minimum atomic E-state index is 1.08. The summed E-state index contributed by atoms with van der Waals surface area (Å²) in [7, 11) is 0. The molecular weight excluding hydrogens is 146 g/mol. The third kappa shape index (κ3) is 3.04. The largest absolute Gasteiger partial charge is 0.269 e. The summed E-state index contributed by atoms with van der Waals surface area (Å²) in [5, 5.41) is 0. The summed E-state index contributed by atoms with van der Waals surface area (Å²) in [6.07, 6.45) is 10.6. The molecule has 0 atom stereocenters. The molecule has 0 fully saturated rings. The van der Waals surface area contributed by atoms with Crippen LogP contribution in [0.2, 0.25) is 0 Å². The van der Waals surface area contributed by atoms with Crippen molar-refractivity contribution in [1.82, 2.24) is 0 Å². The molecule has 0 N–H and O–H groups in total. The number of nitrogens with zero attached hydrogens (tertiary/aromatic N) is 1. The van der Waals surface area contributed by atoms with Crippen LogP contribution in [0.5, 0.6) is 0 Å². The van der Waals surface area contributed by atoms with E-state index in [4.69, 9.17) is 0 Å². The highest BCUT2D eigenvalue weighted by atomic mass is 14.7. The van der Waals surface area contributed by atoms with Gasteiger partial charge in [-0.3, -0.25) is 4.99 Å². The summed E-state index contributed by atoms with van der Waals surface area (Å²) in [5.41, 5.74) is 3.09. The van der Waals surface area contributed by atoms with E-state index in [9.17, 15) is 0 Å². The summed E-state index contributed by atoms with van der Waals surface area (Å²) >= 11 is 0. The first-order valence-electron chi connectivity index (χ1n) is 4.62. The quantitative estimate of drug-likeness (QED) is 0.485. The lowest BCUT2D eigenvalue weighted by Gasteiger charge is -2.05. The van der Waals surface area contributed by atoms with Crippen molar-refractivity contribution >= 4 is 6.21 Å². The van der Waals surface area contributed by atoms with Gasteiger partial charge in [0.25, 0.3) is 0 Å². The van der Waals surface area contributed by atoms with Crippen LogP contribution >= 0.6 is 0 Å². The molecule has 1 heterocycles. The standard InChI is InChI=1S/C11H17N/c1-10-6-3-4-8-12-9-5-7-11(10)2/h4,8-9H,3,5-7H2,1-2H3/b8-4-,11-10+,12-9-. The van der Waals surface area contributed by atoms with Gasteiger partial charge in [0, 0.05) is 12.4 Å². The van der Waals surface area contributed by atoms with Gasteiger partial charge in [0.2, 0.25) is 0 Å². The molecule has 0 aromatic rings. The van der Waals surface area contributed by atoms with E-state index in [2.05, 4.69) is 24.9 Å². The van der Waals surface area contributed by atoms with E-state index < -0.39 is 0 Å². The van der Waals surface area contributed by atoms with E-state index >= 15 is 0 Å². The fourth-order valence-corrected chi connectivity index (χ4v) is 1.28. The lowest BCUT2D eigenvalue weighted by molar-refractivity contribution is 0.903. The van der Waals surface area contributed by atoms with Gasteiger partial charge in [-0.25, -0.2) is 0 Å². The second kappa shape index (κ2) is 4.91. The Bertz CT molecular complexity index is 197. The minimum absolute atomic E-state index is 1.08. The summed E-state index contributed by atoms with van der Waals surface area (Å²) < 4.78 is 0. The first-order chi connectivity index (χ1) is 5.80. The van der Waals surface area contributed by atoms with Crippen LogP contribution in [0.15, 0.2) is 28.4 Å². The van der Waals surface area contributed by atoms with Crippen molar-refractivity contribution in [1.29, 1.82) is 0 Å². The van der Waals surface area contributed by atoms with E-state index in [1.165, 1.54) is 18.4 Å². The Hall–Kier alpha value is -0.850. The van der Waals surface area contributed by atoms with E-state index in [0.29, 0.717) is 0 Å².